The van der Waals surface area contributed by atoms with E-state index in [2.05, 4.69) is 4.97 Å². The summed E-state index contributed by atoms with van der Waals surface area (Å²) in [6, 6.07) is 0. The Morgan fingerprint density at radius 3 is 2.44 bits per heavy atom. The standard InChI is InChI=1S/C7H11NSe/c8-6-9-7-4-2-1-3-5-7/h7H,1-5H2. The van der Waals surface area contributed by atoms with Crippen LogP contribution in [-0.2, 0) is 0 Å². The Morgan fingerprint density at radius 1 is 1.22 bits per heavy atom. The summed E-state index contributed by atoms with van der Waals surface area (Å²) in [5, 5.41) is 8.40. The summed E-state index contributed by atoms with van der Waals surface area (Å²) < 4.78 is 0. The van der Waals surface area contributed by atoms with Crippen molar-refractivity contribution < 1.29 is 0 Å². The minimum absolute atomic E-state index is 0.292. The third-order valence-electron chi connectivity index (χ3n) is 1.77. The zero-order valence-electron chi connectivity index (χ0n) is 5.47. The summed E-state index contributed by atoms with van der Waals surface area (Å²) in [5.74, 6) is 0. The molecule has 0 unspecified atom stereocenters. The molecule has 0 aromatic carbocycles. The van der Waals surface area contributed by atoms with Gasteiger partial charge in [-0.25, -0.2) is 0 Å². The normalized spacial score (nSPS) is 21.2. The van der Waals surface area contributed by atoms with Crippen molar-refractivity contribution in [3.05, 3.63) is 0 Å². The maximum absolute atomic E-state index is 8.40. The van der Waals surface area contributed by atoms with Crippen LogP contribution in [-0.4, -0.2) is 15.0 Å². The Bertz CT molecular complexity index is 111. The molecule has 0 saturated heterocycles. The van der Waals surface area contributed by atoms with E-state index in [1.54, 1.807) is 0 Å². The molecule has 2 heteroatoms. The number of nitriles is 1. The van der Waals surface area contributed by atoms with E-state index in [1.807, 2.05) is 0 Å². The number of rotatable bonds is 1. The van der Waals surface area contributed by atoms with Gasteiger partial charge in [-0.1, -0.05) is 0 Å². The molecule has 0 atom stereocenters. The molecule has 0 aliphatic heterocycles. The average Bonchev–Trinajstić information content (AvgIpc) is 1.91. The molecule has 1 rings (SSSR count). The van der Waals surface area contributed by atoms with Crippen molar-refractivity contribution in [3.63, 3.8) is 0 Å². The molecule has 0 N–H and O–H groups in total. The second kappa shape index (κ2) is 3.93. The number of hydrogen-bond donors (Lipinski definition) is 0. The van der Waals surface area contributed by atoms with Crippen molar-refractivity contribution in [1.82, 2.24) is 0 Å². The first-order valence-electron chi connectivity index (χ1n) is 3.48. The van der Waals surface area contributed by atoms with E-state index in [4.69, 9.17) is 5.26 Å². The molecular weight excluding hydrogens is 177 g/mol. The Kier molecular flexibility index (Phi) is 3.11. The van der Waals surface area contributed by atoms with Crippen LogP contribution < -0.4 is 0 Å². The molecule has 1 aliphatic carbocycles. The van der Waals surface area contributed by atoms with Gasteiger partial charge in [0.2, 0.25) is 0 Å². The van der Waals surface area contributed by atoms with Gasteiger partial charge in [-0.05, 0) is 0 Å². The van der Waals surface area contributed by atoms with E-state index in [-0.39, 0.29) is 0 Å². The second-order valence-electron chi connectivity index (χ2n) is 2.47. The molecule has 1 fully saturated rings. The third-order valence-corrected chi connectivity index (χ3v) is 3.68. The van der Waals surface area contributed by atoms with Gasteiger partial charge in [-0.3, -0.25) is 0 Å². The van der Waals surface area contributed by atoms with E-state index in [0.29, 0.717) is 15.0 Å². The van der Waals surface area contributed by atoms with E-state index >= 15 is 0 Å². The van der Waals surface area contributed by atoms with Crippen LogP contribution in [0, 0.1) is 10.2 Å². The van der Waals surface area contributed by atoms with Crippen molar-refractivity contribution in [3.8, 4) is 4.97 Å². The quantitative estimate of drug-likeness (QED) is 0.577. The van der Waals surface area contributed by atoms with Crippen LogP contribution in [0.15, 0.2) is 0 Å². The Morgan fingerprint density at radius 2 is 1.89 bits per heavy atom. The first-order chi connectivity index (χ1) is 4.43. The van der Waals surface area contributed by atoms with Crippen molar-refractivity contribution in [2.75, 3.05) is 0 Å². The predicted molar refractivity (Wildman–Crippen MR) is 38.2 cm³/mol. The molecule has 1 aliphatic rings. The summed E-state index contributed by atoms with van der Waals surface area (Å²) in [4.78, 5) is 3.10. The predicted octanol–water partition coefficient (Wildman–Crippen LogP) is 1.92. The molecule has 50 valence electrons. The summed E-state index contributed by atoms with van der Waals surface area (Å²) in [6.07, 6.45) is 6.79. The van der Waals surface area contributed by atoms with E-state index in [9.17, 15) is 0 Å². The van der Waals surface area contributed by atoms with Crippen LogP contribution in [0.2, 0.25) is 4.82 Å². The van der Waals surface area contributed by atoms with Crippen LogP contribution in [0.3, 0.4) is 0 Å². The monoisotopic (exact) mass is 189 g/mol. The zero-order chi connectivity index (χ0) is 6.53. The van der Waals surface area contributed by atoms with Gasteiger partial charge in [0.15, 0.2) is 0 Å². The first kappa shape index (κ1) is 7.12. The molecule has 9 heavy (non-hydrogen) atoms. The van der Waals surface area contributed by atoms with Crippen LogP contribution in [0.4, 0.5) is 0 Å². The van der Waals surface area contributed by atoms with Crippen LogP contribution in [0.1, 0.15) is 32.1 Å². The third kappa shape index (κ3) is 2.39. The minimum atomic E-state index is 0.292. The van der Waals surface area contributed by atoms with Gasteiger partial charge in [0, 0.05) is 0 Å². The SMILES string of the molecule is N#C[Se]C1CCCCC1. The van der Waals surface area contributed by atoms with Gasteiger partial charge >= 0.3 is 62.1 Å². The summed E-state index contributed by atoms with van der Waals surface area (Å²) >= 11 is 0.292. The maximum atomic E-state index is 8.40. The fourth-order valence-corrected chi connectivity index (χ4v) is 2.76. The van der Waals surface area contributed by atoms with Gasteiger partial charge in [0.05, 0.1) is 0 Å². The van der Waals surface area contributed by atoms with Crippen molar-refractivity contribution >= 4 is 15.0 Å². The van der Waals surface area contributed by atoms with Crippen molar-refractivity contribution in [1.29, 1.82) is 5.26 Å². The van der Waals surface area contributed by atoms with E-state index in [0.717, 1.165) is 4.82 Å². The zero-order valence-corrected chi connectivity index (χ0v) is 7.18. The second-order valence-corrected chi connectivity index (χ2v) is 4.75. The van der Waals surface area contributed by atoms with Crippen molar-refractivity contribution in [2.45, 2.75) is 36.9 Å². The van der Waals surface area contributed by atoms with Gasteiger partial charge in [-0.15, -0.1) is 0 Å². The Labute approximate surface area is 62.6 Å². The van der Waals surface area contributed by atoms with Crippen LogP contribution in [0.5, 0.6) is 0 Å². The molecule has 0 spiro atoms. The summed E-state index contributed by atoms with van der Waals surface area (Å²) in [6.45, 7) is 0. The van der Waals surface area contributed by atoms with Gasteiger partial charge in [-0.2, -0.15) is 0 Å². The van der Waals surface area contributed by atoms with Crippen LogP contribution in [0.25, 0.3) is 0 Å². The Balaban J connectivity index is 2.17. The molecule has 1 nitrogen and oxygen atoms in total. The van der Waals surface area contributed by atoms with Gasteiger partial charge in [0.1, 0.15) is 0 Å². The molecule has 0 aromatic rings. The molecule has 0 aromatic heterocycles. The van der Waals surface area contributed by atoms with Crippen molar-refractivity contribution in [2.24, 2.45) is 0 Å². The molecule has 0 amide bonds. The van der Waals surface area contributed by atoms with E-state index in [1.165, 1.54) is 32.1 Å². The fraction of sp³-hybridized carbons (Fsp3) is 0.857. The molecule has 0 radical (unpaired) electrons. The topological polar surface area (TPSA) is 23.8 Å². The first-order valence-corrected chi connectivity index (χ1v) is 5.33. The van der Waals surface area contributed by atoms with Crippen LogP contribution >= 0.6 is 0 Å². The molecule has 1 saturated carbocycles. The molecule has 0 bridgehead atoms. The Hall–Kier alpha value is 0.00948. The molecular formula is C7H11NSe. The van der Waals surface area contributed by atoms with Gasteiger partial charge < -0.3 is 0 Å². The summed E-state index contributed by atoms with van der Waals surface area (Å²) in [5.41, 5.74) is 0. The average molecular weight is 188 g/mol. The van der Waals surface area contributed by atoms with E-state index < -0.39 is 0 Å². The summed E-state index contributed by atoms with van der Waals surface area (Å²) in [7, 11) is 0. The number of hydrogen-bond acceptors (Lipinski definition) is 1. The number of nitrogens with zero attached hydrogens (tertiary/aromatic N) is 1. The van der Waals surface area contributed by atoms with Gasteiger partial charge in [0.25, 0.3) is 0 Å². The molecule has 0 heterocycles. The fourth-order valence-electron chi connectivity index (χ4n) is 1.26.